The maximum absolute atomic E-state index is 13.4. The van der Waals surface area contributed by atoms with Gasteiger partial charge in [0.05, 0.1) is 24.6 Å². The minimum Gasteiger partial charge on any atom is -0.465 e. The normalized spacial score (nSPS) is 25.2. The topological polar surface area (TPSA) is 70.4 Å². The lowest BCUT2D eigenvalue weighted by Crippen LogP contribution is -2.29. The fourth-order valence-corrected chi connectivity index (χ4v) is 6.38. The molecule has 0 saturated carbocycles. The Morgan fingerprint density at radius 1 is 1.19 bits per heavy atom. The number of aryl methyl sites for hydroxylation is 2. The number of cyclic esters (lactones) is 1. The number of hydrogen-bond donors (Lipinski definition) is 0. The van der Waals surface area contributed by atoms with Crippen molar-refractivity contribution in [3.63, 3.8) is 0 Å². The molecule has 2 fully saturated rings. The summed E-state index contributed by atoms with van der Waals surface area (Å²) >= 11 is 3.01. The number of rotatable bonds is 4. The van der Waals surface area contributed by atoms with E-state index >= 15 is 0 Å². The van der Waals surface area contributed by atoms with Gasteiger partial charge in [0.15, 0.2) is 5.16 Å². The SMILES string of the molecule is O=C1OCC[C@H]1Sc1nc2sc3c(c2c(=O)n1C[C@H]1CCCO1)CCC3. The summed E-state index contributed by atoms with van der Waals surface area (Å²) in [5, 5.41) is 1.14. The van der Waals surface area contributed by atoms with Crippen molar-refractivity contribution < 1.29 is 14.3 Å². The first-order valence-electron chi connectivity index (χ1n) is 9.20. The van der Waals surface area contributed by atoms with Crippen molar-refractivity contribution in [2.24, 2.45) is 0 Å². The van der Waals surface area contributed by atoms with Crippen molar-refractivity contribution in [3.8, 4) is 0 Å². The summed E-state index contributed by atoms with van der Waals surface area (Å²) < 4.78 is 12.6. The Labute approximate surface area is 158 Å². The molecule has 5 rings (SSSR count). The first-order chi connectivity index (χ1) is 12.7. The third-order valence-electron chi connectivity index (χ3n) is 5.33. The molecule has 2 aliphatic heterocycles. The van der Waals surface area contributed by atoms with Gasteiger partial charge in [0, 0.05) is 17.9 Å². The summed E-state index contributed by atoms with van der Waals surface area (Å²) in [7, 11) is 0. The lowest BCUT2D eigenvalue weighted by molar-refractivity contribution is -0.137. The van der Waals surface area contributed by atoms with Crippen LogP contribution in [0.15, 0.2) is 9.95 Å². The van der Waals surface area contributed by atoms with E-state index in [-0.39, 0.29) is 22.9 Å². The quantitative estimate of drug-likeness (QED) is 0.588. The Hall–Kier alpha value is -1.38. The molecule has 0 N–H and O–H groups in total. The Morgan fingerprint density at radius 2 is 2.12 bits per heavy atom. The highest BCUT2D eigenvalue weighted by Crippen LogP contribution is 2.37. The smallest absolute Gasteiger partial charge is 0.319 e. The van der Waals surface area contributed by atoms with Crippen LogP contribution in [0.2, 0.25) is 0 Å². The standard InChI is InChI=1S/C18H20N2O4S2/c21-16-14-11-4-1-5-12(11)25-15(14)19-18(26-13-6-8-24-17(13)22)20(16)9-10-3-2-7-23-10/h10,13H,1-9H2/t10-,13-/m1/s1. The predicted molar refractivity (Wildman–Crippen MR) is 100 cm³/mol. The maximum Gasteiger partial charge on any atom is 0.319 e. The second-order valence-electron chi connectivity index (χ2n) is 7.05. The first-order valence-corrected chi connectivity index (χ1v) is 10.9. The lowest BCUT2D eigenvalue weighted by atomic mass is 10.2. The van der Waals surface area contributed by atoms with Crippen LogP contribution in [0.5, 0.6) is 0 Å². The molecule has 6 nitrogen and oxygen atoms in total. The Balaban J connectivity index is 1.61. The Kier molecular flexibility index (Phi) is 4.29. The zero-order chi connectivity index (χ0) is 17.7. The molecule has 2 aromatic rings. The van der Waals surface area contributed by atoms with Crippen molar-refractivity contribution >= 4 is 39.3 Å². The van der Waals surface area contributed by atoms with Gasteiger partial charge in [0.2, 0.25) is 0 Å². The molecular formula is C18H20N2O4S2. The van der Waals surface area contributed by atoms with Crippen LogP contribution in [0.3, 0.4) is 0 Å². The van der Waals surface area contributed by atoms with Crippen LogP contribution in [0.1, 0.15) is 36.1 Å². The molecule has 138 valence electrons. The van der Waals surface area contributed by atoms with E-state index in [4.69, 9.17) is 14.5 Å². The van der Waals surface area contributed by atoms with Crippen molar-refractivity contribution in [1.29, 1.82) is 0 Å². The van der Waals surface area contributed by atoms with Gasteiger partial charge in [0.25, 0.3) is 5.56 Å². The molecule has 2 atom stereocenters. The van der Waals surface area contributed by atoms with Crippen molar-refractivity contribution in [2.45, 2.75) is 61.6 Å². The molecule has 4 heterocycles. The molecule has 2 aromatic heterocycles. The Bertz CT molecular complexity index is 929. The molecule has 0 amide bonds. The molecule has 0 spiro atoms. The van der Waals surface area contributed by atoms with Crippen molar-refractivity contribution in [2.75, 3.05) is 13.2 Å². The number of carbonyl (C=O) groups excluding carboxylic acids is 1. The molecule has 0 unspecified atom stereocenters. The van der Waals surface area contributed by atoms with Crippen LogP contribution >= 0.6 is 23.1 Å². The molecule has 26 heavy (non-hydrogen) atoms. The summed E-state index contributed by atoms with van der Waals surface area (Å²) in [4.78, 5) is 32.2. The van der Waals surface area contributed by atoms with Gasteiger partial charge in [-0.3, -0.25) is 14.2 Å². The number of fused-ring (bicyclic) bond motifs is 3. The monoisotopic (exact) mass is 392 g/mol. The molecule has 0 aromatic carbocycles. The van der Waals surface area contributed by atoms with Crippen LogP contribution in [-0.4, -0.2) is 40.1 Å². The highest BCUT2D eigenvalue weighted by Gasteiger charge is 2.31. The molecule has 2 saturated heterocycles. The summed E-state index contributed by atoms with van der Waals surface area (Å²) in [5.74, 6) is -0.207. The third-order valence-corrected chi connectivity index (χ3v) is 7.76. The predicted octanol–water partition coefficient (Wildman–Crippen LogP) is 2.53. The first kappa shape index (κ1) is 16.8. The van der Waals surface area contributed by atoms with E-state index < -0.39 is 0 Å². The van der Waals surface area contributed by atoms with Gasteiger partial charge in [0.1, 0.15) is 10.1 Å². The average Bonchev–Trinajstić information content (AvgIpc) is 3.37. The molecule has 0 bridgehead atoms. The minimum atomic E-state index is -0.276. The highest BCUT2D eigenvalue weighted by molar-refractivity contribution is 8.00. The fourth-order valence-electron chi connectivity index (χ4n) is 4.01. The van der Waals surface area contributed by atoms with E-state index in [1.54, 1.807) is 15.9 Å². The van der Waals surface area contributed by atoms with Crippen LogP contribution in [0.4, 0.5) is 0 Å². The summed E-state index contributed by atoms with van der Waals surface area (Å²) in [6.07, 6.45) is 5.83. The van der Waals surface area contributed by atoms with E-state index in [1.807, 2.05) is 0 Å². The van der Waals surface area contributed by atoms with Crippen molar-refractivity contribution in [3.05, 3.63) is 20.8 Å². The van der Waals surface area contributed by atoms with Crippen LogP contribution in [0.25, 0.3) is 10.2 Å². The van der Waals surface area contributed by atoms with Gasteiger partial charge < -0.3 is 9.47 Å². The molecule has 8 heteroatoms. The van der Waals surface area contributed by atoms with Crippen molar-refractivity contribution in [1.82, 2.24) is 9.55 Å². The Morgan fingerprint density at radius 3 is 2.88 bits per heavy atom. The van der Waals surface area contributed by atoms with E-state index in [1.165, 1.54) is 22.2 Å². The van der Waals surface area contributed by atoms with Gasteiger partial charge in [-0.15, -0.1) is 11.3 Å². The number of hydrogen-bond acceptors (Lipinski definition) is 7. The second kappa shape index (κ2) is 6.65. The van der Waals surface area contributed by atoms with Gasteiger partial charge >= 0.3 is 5.97 Å². The number of thioether (sulfide) groups is 1. The molecule has 1 aliphatic carbocycles. The molecule has 3 aliphatic rings. The lowest BCUT2D eigenvalue weighted by Gasteiger charge is -2.17. The van der Waals surface area contributed by atoms with Gasteiger partial charge in [-0.2, -0.15) is 0 Å². The zero-order valence-electron chi connectivity index (χ0n) is 14.4. The fraction of sp³-hybridized carbons (Fsp3) is 0.611. The number of thiophene rings is 1. The van der Waals surface area contributed by atoms with E-state index in [9.17, 15) is 9.59 Å². The molecule has 0 radical (unpaired) electrons. The van der Waals surface area contributed by atoms with E-state index in [0.717, 1.165) is 48.9 Å². The number of aromatic nitrogens is 2. The van der Waals surface area contributed by atoms with Crippen LogP contribution < -0.4 is 5.56 Å². The molecular weight excluding hydrogens is 372 g/mol. The maximum atomic E-state index is 13.4. The van der Waals surface area contributed by atoms with Gasteiger partial charge in [-0.1, -0.05) is 11.8 Å². The van der Waals surface area contributed by atoms with Crippen LogP contribution in [0, 0.1) is 0 Å². The third kappa shape index (κ3) is 2.78. The van der Waals surface area contributed by atoms with E-state index in [0.29, 0.717) is 24.7 Å². The largest absolute Gasteiger partial charge is 0.465 e. The summed E-state index contributed by atoms with van der Waals surface area (Å²) in [6, 6.07) is 0. The number of esters is 1. The van der Waals surface area contributed by atoms with Crippen LogP contribution in [-0.2, 0) is 33.7 Å². The van der Waals surface area contributed by atoms with Gasteiger partial charge in [-0.05, 0) is 37.7 Å². The number of nitrogens with zero attached hydrogens (tertiary/aromatic N) is 2. The number of ether oxygens (including phenoxy) is 2. The second-order valence-corrected chi connectivity index (χ2v) is 9.30. The zero-order valence-corrected chi connectivity index (χ0v) is 16.0. The average molecular weight is 393 g/mol. The minimum absolute atomic E-state index is 0.0266. The number of carbonyl (C=O) groups is 1. The van der Waals surface area contributed by atoms with E-state index in [2.05, 4.69) is 0 Å². The summed E-state index contributed by atoms with van der Waals surface area (Å²) in [6.45, 7) is 1.71. The van der Waals surface area contributed by atoms with Gasteiger partial charge in [-0.25, -0.2) is 4.98 Å². The highest BCUT2D eigenvalue weighted by atomic mass is 32.2. The summed E-state index contributed by atoms with van der Waals surface area (Å²) in [5.41, 5.74) is 1.22.